The van der Waals surface area contributed by atoms with Gasteiger partial charge in [0.1, 0.15) is 19.3 Å². The van der Waals surface area contributed by atoms with Gasteiger partial charge in [-0.05, 0) is 31.6 Å². The summed E-state index contributed by atoms with van der Waals surface area (Å²) >= 11 is 0. The predicted molar refractivity (Wildman–Crippen MR) is 418 cm³/mol. The van der Waals surface area contributed by atoms with Crippen molar-refractivity contribution in [2.24, 2.45) is 5.92 Å². The van der Waals surface area contributed by atoms with Gasteiger partial charge in [0, 0.05) is 25.7 Å². The van der Waals surface area contributed by atoms with Gasteiger partial charge < -0.3 is 33.8 Å². The van der Waals surface area contributed by atoms with Crippen molar-refractivity contribution in [3.63, 3.8) is 0 Å². The van der Waals surface area contributed by atoms with E-state index in [2.05, 4.69) is 34.6 Å². The smallest absolute Gasteiger partial charge is 0.462 e. The van der Waals surface area contributed by atoms with Gasteiger partial charge in [-0.2, -0.15) is 0 Å². The molecule has 0 heterocycles. The van der Waals surface area contributed by atoms with Crippen molar-refractivity contribution in [3.05, 3.63) is 0 Å². The van der Waals surface area contributed by atoms with Crippen molar-refractivity contribution in [3.8, 4) is 0 Å². The zero-order valence-electron chi connectivity index (χ0n) is 66.8. The third-order valence-electron chi connectivity index (χ3n) is 19.5. The lowest BCUT2D eigenvalue weighted by Crippen LogP contribution is -2.30. The zero-order chi connectivity index (χ0) is 74.8. The molecule has 17 nitrogen and oxygen atoms in total. The van der Waals surface area contributed by atoms with E-state index in [1.54, 1.807) is 0 Å². The summed E-state index contributed by atoms with van der Waals surface area (Å²) < 4.78 is 68.7. The second-order valence-corrected chi connectivity index (χ2v) is 33.3. The average molecular weight is 1490 g/mol. The van der Waals surface area contributed by atoms with Crippen LogP contribution in [0.15, 0.2) is 0 Å². The molecule has 2 unspecified atom stereocenters. The van der Waals surface area contributed by atoms with Crippen molar-refractivity contribution in [1.82, 2.24) is 0 Å². The summed E-state index contributed by atoms with van der Waals surface area (Å²) in [6, 6.07) is 0. The average Bonchev–Trinajstić information content (AvgIpc) is 0.920. The Hall–Kier alpha value is -1.94. The van der Waals surface area contributed by atoms with E-state index in [9.17, 15) is 43.2 Å². The summed E-state index contributed by atoms with van der Waals surface area (Å²) in [5.41, 5.74) is 0. The number of hydrogen-bond acceptors (Lipinski definition) is 15. The van der Waals surface area contributed by atoms with Crippen LogP contribution in [0.5, 0.6) is 0 Å². The van der Waals surface area contributed by atoms with Crippen LogP contribution in [0.2, 0.25) is 0 Å². The first-order chi connectivity index (χ1) is 49.5. The van der Waals surface area contributed by atoms with E-state index < -0.39 is 97.5 Å². The zero-order valence-corrected chi connectivity index (χ0v) is 68.5. The normalized spacial score (nSPS) is 13.8. The topological polar surface area (TPSA) is 237 Å². The highest BCUT2D eigenvalue weighted by atomic mass is 31.2. The third-order valence-corrected chi connectivity index (χ3v) is 21.4. The Morgan fingerprint density at radius 3 is 0.667 bits per heavy atom. The number of aliphatic hydroxyl groups excluding tert-OH is 1. The molecule has 5 atom stereocenters. The van der Waals surface area contributed by atoms with Crippen molar-refractivity contribution < 1.29 is 80.2 Å². The predicted octanol–water partition coefficient (Wildman–Crippen LogP) is 25.2. The van der Waals surface area contributed by atoms with Gasteiger partial charge >= 0.3 is 39.5 Å². The number of esters is 4. The monoisotopic (exact) mass is 1490 g/mol. The largest absolute Gasteiger partial charge is 0.472 e. The molecule has 0 aromatic carbocycles. The third kappa shape index (κ3) is 76.3. The Bertz CT molecular complexity index is 1940. The first kappa shape index (κ1) is 100. The van der Waals surface area contributed by atoms with Crippen molar-refractivity contribution in [1.29, 1.82) is 0 Å². The summed E-state index contributed by atoms with van der Waals surface area (Å²) in [7, 11) is -9.92. The number of phosphoric ester groups is 2. The van der Waals surface area contributed by atoms with Gasteiger partial charge in [0.15, 0.2) is 12.2 Å². The minimum Gasteiger partial charge on any atom is -0.462 e. The molecular formula is C83H162O17P2. The van der Waals surface area contributed by atoms with Gasteiger partial charge in [-0.3, -0.25) is 37.3 Å². The van der Waals surface area contributed by atoms with E-state index in [-0.39, 0.29) is 25.7 Å². The van der Waals surface area contributed by atoms with Crippen LogP contribution in [0.4, 0.5) is 0 Å². The first-order valence-corrected chi connectivity index (χ1v) is 46.1. The first-order valence-electron chi connectivity index (χ1n) is 43.1. The van der Waals surface area contributed by atoms with Crippen LogP contribution in [-0.4, -0.2) is 96.7 Å². The molecule has 0 rings (SSSR count). The number of aliphatic hydroxyl groups is 1. The lowest BCUT2D eigenvalue weighted by Gasteiger charge is -2.21. The molecule has 0 aliphatic heterocycles. The fourth-order valence-electron chi connectivity index (χ4n) is 12.9. The molecule has 19 heteroatoms. The minimum absolute atomic E-state index is 0.109. The molecule has 3 N–H and O–H groups in total. The Kier molecular flexibility index (Phi) is 74.4. The van der Waals surface area contributed by atoms with Crippen molar-refractivity contribution >= 4 is 39.5 Å². The molecule has 0 spiro atoms. The minimum atomic E-state index is -4.96. The molecule has 0 aliphatic rings. The van der Waals surface area contributed by atoms with E-state index in [0.29, 0.717) is 25.7 Å². The Labute approximate surface area is 626 Å². The lowest BCUT2D eigenvalue weighted by molar-refractivity contribution is -0.161. The van der Waals surface area contributed by atoms with Crippen LogP contribution >= 0.6 is 15.6 Å². The molecule has 606 valence electrons. The molecule has 0 aromatic rings. The molecule has 0 saturated carbocycles. The summed E-state index contributed by atoms with van der Waals surface area (Å²) in [5.74, 6) is -1.30. The number of hydrogen-bond donors (Lipinski definition) is 3. The van der Waals surface area contributed by atoms with Gasteiger partial charge in [0.05, 0.1) is 26.4 Å². The van der Waals surface area contributed by atoms with E-state index in [0.717, 1.165) is 95.8 Å². The number of carbonyl (C=O) groups is 4. The summed E-state index contributed by atoms with van der Waals surface area (Å²) in [6.45, 7) is 7.35. The van der Waals surface area contributed by atoms with Crippen LogP contribution < -0.4 is 0 Å². The van der Waals surface area contributed by atoms with E-state index >= 15 is 0 Å². The maximum Gasteiger partial charge on any atom is 0.472 e. The molecule has 0 amide bonds. The van der Waals surface area contributed by atoms with Crippen LogP contribution in [0, 0.1) is 5.92 Å². The van der Waals surface area contributed by atoms with E-state index in [1.807, 2.05) is 0 Å². The molecule has 0 saturated heterocycles. The molecule has 0 bridgehead atoms. The molecule has 0 aromatic heterocycles. The fraction of sp³-hybridized carbons (Fsp3) is 0.952. The fourth-order valence-corrected chi connectivity index (χ4v) is 14.5. The number of phosphoric acid groups is 2. The van der Waals surface area contributed by atoms with Crippen LogP contribution in [0.1, 0.15) is 446 Å². The Balaban J connectivity index is 5.19. The van der Waals surface area contributed by atoms with Crippen LogP contribution in [0.3, 0.4) is 0 Å². The second kappa shape index (κ2) is 75.9. The summed E-state index contributed by atoms with van der Waals surface area (Å²) in [5, 5.41) is 10.6. The summed E-state index contributed by atoms with van der Waals surface area (Å²) in [6.07, 6.45) is 68.1. The van der Waals surface area contributed by atoms with Gasteiger partial charge in [-0.25, -0.2) is 9.13 Å². The standard InChI is InChI=1S/C83H162O17P2/c1-6-9-12-15-18-21-23-25-27-29-30-31-36-39-43-47-52-57-62-67-81(86)94-73-79(100-83(88)69-64-59-54-49-45-41-37-33-32-34-38-42-46-50-55-60-65-76(4)5)75-98-102(91,92)96-71-77(84)70-95-101(89,90)97-74-78(72-93-80(85)66-61-56-51-20-17-14-11-8-3)99-82(87)68-63-58-53-48-44-40-35-28-26-24-22-19-16-13-10-7-2/h76-79,84H,6-75H2,1-5H3,(H,89,90)(H,91,92)/t77-,78+,79+/m0/s1. The highest BCUT2D eigenvalue weighted by Crippen LogP contribution is 2.45. The van der Waals surface area contributed by atoms with Gasteiger partial charge in [0.2, 0.25) is 0 Å². The van der Waals surface area contributed by atoms with Crippen molar-refractivity contribution in [2.45, 2.75) is 464 Å². The van der Waals surface area contributed by atoms with Crippen molar-refractivity contribution in [2.75, 3.05) is 39.6 Å². The summed E-state index contributed by atoms with van der Waals surface area (Å²) in [4.78, 5) is 73.0. The molecule has 0 radical (unpaired) electrons. The molecule has 0 fully saturated rings. The SMILES string of the molecule is CCCCCCCCCCCCCCCCCCCCCC(=O)OC[C@H](COP(=O)(O)OC[C@@H](O)COP(=O)(O)OC[C@@H](COC(=O)CCCCCCCCCC)OC(=O)CCCCCCCCCCCCCCCCCC)OC(=O)CCCCCCCCCCCCCCCCCCC(C)C. The molecule has 102 heavy (non-hydrogen) atoms. The van der Waals surface area contributed by atoms with E-state index in [1.165, 1.54) is 270 Å². The number of rotatable bonds is 83. The quantitative estimate of drug-likeness (QED) is 0.0222. The maximum absolute atomic E-state index is 13.1. The number of ether oxygens (including phenoxy) is 4. The number of carbonyl (C=O) groups excluding carboxylic acids is 4. The molecular weight excluding hydrogens is 1330 g/mol. The lowest BCUT2D eigenvalue weighted by atomic mass is 10.0. The van der Waals surface area contributed by atoms with Gasteiger partial charge in [0.25, 0.3) is 0 Å². The number of unbranched alkanes of at least 4 members (excludes halogenated alkanes) is 55. The van der Waals surface area contributed by atoms with Crippen LogP contribution in [0.25, 0.3) is 0 Å². The van der Waals surface area contributed by atoms with E-state index in [4.69, 9.17) is 37.0 Å². The Morgan fingerprint density at radius 2 is 0.451 bits per heavy atom. The maximum atomic E-state index is 13.1. The molecule has 0 aliphatic carbocycles. The second-order valence-electron chi connectivity index (χ2n) is 30.3. The highest BCUT2D eigenvalue weighted by molar-refractivity contribution is 7.47. The van der Waals surface area contributed by atoms with Gasteiger partial charge in [-0.15, -0.1) is 0 Å². The highest BCUT2D eigenvalue weighted by Gasteiger charge is 2.30. The van der Waals surface area contributed by atoms with Gasteiger partial charge in [-0.1, -0.05) is 394 Å². The Morgan fingerprint density at radius 1 is 0.265 bits per heavy atom. The van der Waals surface area contributed by atoms with Crippen LogP contribution in [-0.2, 0) is 65.4 Å².